The number of aryl methyl sites for hydroxylation is 1. The van der Waals surface area contributed by atoms with Crippen molar-refractivity contribution in [2.45, 2.75) is 31.9 Å². The fourth-order valence-corrected chi connectivity index (χ4v) is 2.31. The van der Waals surface area contributed by atoms with E-state index in [0.717, 1.165) is 0 Å². The Morgan fingerprint density at radius 1 is 1.33 bits per heavy atom. The molecule has 1 aliphatic rings. The summed E-state index contributed by atoms with van der Waals surface area (Å²) in [5, 5.41) is 22.1. The summed E-state index contributed by atoms with van der Waals surface area (Å²) in [7, 11) is 0. The summed E-state index contributed by atoms with van der Waals surface area (Å²) >= 11 is 0. The maximum absolute atomic E-state index is 9.89. The monoisotopic (exact) mass is 253 g/mol. The minimum atomic E-state index is -0.516. The van der Waals surface area contributed by atoms with Crippen molar-refractivity contribution in [3.8, 4) is 0 Å². The minimum absolute atomic E-state index is 0.0790. The minimum Gasteiger partial charge on any atom is -0.396 e. The first-order valence-corrected chi connectivity index (χ1v) is 5.96. The van der Waals surface area contributed by atoms with Crippen molar-refractivity contribution >= 4 is 17.5 Å². The van der Waals surface area contributed by atoms with Crippen molar-refractivity contribution in [2.75, 3.05) is 23.4 Å². The van der Waals surface area contributed by atoms with Gasteiger partial charge in [0.1, 0.15) is 0 Å². The van der Waals surface area contributed by atoms with Crippen LogP contribution in [0.5, 0.6) is 0 Å². The van der Waals surface area contributed by atoms with Crippen molar-refractivity contribution in [2.24, 2.45) is 5.92 Å². The molecule has 7 heteroatoms. The first kappa shape index (κ1) is 12.8. The lowest BCUT2D eigenvalue weighted by atomic mass is 10.1. The van der Waals surface area contributed by atoms with E-state index in [1.807, 2.05) is 0 Å². The zero-order valence-corrected chi connectivity index (χ0v) is 10.3. The Morgan fingerprint density at radius 2 is 2.06 bits per heavy atom. The quantitative estimate of drug-likeness (QED) is 0.490. The number of nitrogens with one attached hydrogen (secondary N) is 1. The van der Waals surface area contributed by atoms with Crippen molar-refractivity contribution < 1.29 is 10.2 Å². The maximum Gasteiger partial charge on any atom is 0.222 e. The molecule has 2 rings (SSSR count). The molecule has 0 amide bonds. The van der Waals surface area contributed by atoms with Gasteiger partial charge in [-0.25, -0.2) is 4.98 Å². The second-order valence-electron chi connectivity index (χ2n) is 4.77. The van der Waals surface area contributed by atoms with Gasteiger partial charge >= 0.3 is 0 Å². The van der Waals surface area contributed by atoms with Gasteiger partial charge in [0, 0.05) is 6.61 Å². The Labute approximate surface area is 105 Å². The van der Waals surface area contributed by atoms with Gasteiger partial charge in [0.25, 0.3) is 0 Å². The van der Waals surface area contributed by atoms with Gasteiger partial charge in [0.15, 0.2) is 5.82 Å². The van der Waals surface area contributed by atoms with Gasteiger partial charge in [-0.1, -0.05) is 0 Å². The number of hydrogen-bond donors (Lipinski definition) is 5. The van der Waals surface area contributed by atoms with Gasteiger partial charge in [0.2, 0.25) is 5.95 Å². The standard InChI is InChI=1S/C11H19N5O2/c1-5-9(12)10(16-11(13)14-5)15-7-2-6(4-17)3-8(7)18/h6-8,17-18H,2-4,12H2,1H3,(H3,13,14,15,16)/t6-,7+,8+/m0/s1. The number of rotatable bonds is 3. The summed E-state index contributed by atoms with van der Waals surface area (Å²) in [5.74, 6) is 0.706. The molecule has 0 unspecified atom stereocenters. The molecule has 1 aliphatic carbocycles. The van der Waals surface area contributed by atoms with Crippen LogP contribution in [0, 0.1) is 12.8 Å². The van der Waals surface area contributed by atoms with Crippen LogP contribution < -0.4 is 16.8 Å². The summed E-state index contributed by atoms with van der Waals surface area (Å²) in [5.41, 5.74) is 12.5. The molecule has 100 valence electrons. The Kier molecular flexibility index (Phi) is 3.53. The van der Waals surface area contributed by atoms with Gasteiger partial charge < -0.3 is 27.0 Å². The van der Waals surface area contributed by atoms with E-state index >= 15 is 0 Å². The fourth-order valence-electron chi connectivity index (χ4n) is 2.31. The third-order valence-corrected chi connectivity index (χ3v) is 3.36. The van der Waals surface area contributed by atoms with Crippen LogP contribution in [0.2, 0.25) is 0 Å². The molecule has 0 spiro atoms. The van der Waals surface area contributed by atoms with E-state index < -0.39 is 6.10 Å². The van der Waals surface area contributed by atoms with Crippen LogP contribution in [-0.4, -0.2) is 38.9 Å². The number of nitrogens with zero attached hydrogens (tertiary/aromatic N) is 2. The molecule has 0 aromatic carbocycles. The summed E-state index contributed by atoms with van der Waals surface area (Å²) in [6.45, 7) is 1.83. The van der Waals surface area contributed by atoms with Crippen LogP contribution >= 0.6 is 0 Å². The third-order valence-electron chi connectivity index (χ3n) is 3.36. The second-order valence-corrected chi connectivity index (χ2v) is 4.77. The van der Waals surface area contributed by atoms with Gasteiger partial charge in [-0.15, -0.1) is 0 Å². The summed E-state index contributed by atoms with van der Waals surface area (Å²) in [6, 6.07) is -0.168. The predicted octanol–water partition coefficient (Wildman–Crippen LogP) is -0.507. The van der Waals surface area contributed by atoms with Crippen molar-refractivity contribution in [1.82, 2.24) is 9.97 Å². The number of nitrogens with two attached hydrogens (primary N) is 2. The first-order chi connectivity index (χ1) is 8.51. The third kappa shape index (κ3) is 2.46. The van der Waals surface area contributed by atoms with Crippen molar-refractivity contribution in [3.63, 3.8) is 0 Å². The van der Waals surface area contributed by atoms with Crippen LogP contribution in [0.3, 0.4) is 0 Å². The Balaban J connectivity index is 2.15. The number of nitrogen functional groups attached to an aromatic ring is 2. The largest absolute Gasteiger partial charge is 0.396 e. The maximum atomic E-state index is 9.89. The average molecular weight is 253 g/mol. The van der Waals surface area contributed by atoms with Crippen molar-refractivity contribution in [3.05, 3.63) is 5.69 Å². The molecule has 1 aromatic rings. The highest BCUT2D eigenvalue weighted by molar-refractivity contribution is 5.65. The van der Waals surface area contributed by atoms with Crippen LogP contribution in [0.15, 0.2) is 0 Å². The second kappa shape index (κ2) is 4.95. The van der Waals surface area contributed by atoms with Gasteiger partial charge in [-0.05, 0) is 25.7 Å². The molecule has 0 saturated heterocycles. The Bertz CT molecular complexity index is 440. The molecule has 7 N–H and O–H groups in total. The van der Waals surface area contributed by atoms with Crippen molar-refractivity contribution in [1.29, 1.82) is 0 Å². The lowest BCUT2D eigenvalue weighted by Crippen LogP contribution is -2.29. The van der Waals surface area contributed by atoms with Gasteiger partial charge in [-0.3, -0.25) is 0 Å². The lowest BCUT2D eigenvalue weighted by molar-refractivity contribution is 0.157. The number of aliphatic hydroxyl groups excluding tert-OH is 2. The smallest absolute Gasteiger partial charge is 0.222 e. The molecule has 1 saturated carbocycles. The lowest BCUT2D eigenvalue weighted by Gasteiger charge is -2.19. The normalized spacial score (nSPS) is 27.4. The van der Waals surface area contributed by atoms with E-state index in [9.17, 15) is 5.11 Å². The van der Waals surface area contributed by atoms with E-state index in [-0.39, 0.29) is 24.5 Å². The molecule has 7 nitrogen and oxygen atoms in total. The van der Waals surface area contributed by atoms with Crippen LogP contribution in [0.4, 0.5) is 17.5 Å². The molecule has 0 bridgehead atoms. The van der Waals surface area contributed by atoms with Gasteiger partial charge in [0.05, 0.1) is 23.5 Å². The summed E-state index contributed by atoms with van der Waals surface area (Å²) < 4.78 is 0. The summed E-state index contributed by atoms with van der Waals surface area (Å²) in [6.07, 6.45) is 0.742. The highest BCUT2D eigenvalue weighted by Crippen LogP contribution is 2.30. The molecule has 1 aromatic heterocycles. The predicted molar refractivity (Wildman–Crippen MR) is 68.8 cm³/mol. The number of aromatic nitrogens is 2. The molecule has 18 heavy (non-hydrogen) atoms. The van der Waals surface area contributed by atoms with Crippen LogP contribution in [-0.2, 0) is 0 Å². The van der Waals surface area contributed by atoms with E-state index in [1.165, 1.54) is 0 Å². The molecule has 3 atom stereocenters. The molecule has 1 fully saturated rings. The van der Waals surface area contributed by atoms with E-state index in [0.29, 0.717) is 30.0 Å². The van der Waals surface area contributed by atoms with E-state index in [2.05, 4.69) is 15.3 Å². The molecular formula is C11H19N5O2. The summed E-state index contributed by atoms with van der Waals surface area (Å²) in [4.78, 5) is 8.00. The fraction of sp³-hybridized carbons (Fsp3) is 0.636. The zero-order valence-electron chi connectivity index (χ0n) is 10.3. The molecule has 0 aliphatic heterocycles. The topological polar surface area (TPSA) is 130 Å². The zero-order chi connectivity index (χ0) is 13.3. The average Bonchev–Trinajstić information content (AvgIpc) is 2.66. The van der Waals surface area contributed by atoms with Crippen LogP contribution in [0.25, 0.3) is 0 Å². The molecule has 1 heterocycles. The highest BCUT2D eigenvalue weighted by atomic mass is 16.3. The number of hydrogen-bond acceptors (Lipinski definition) is 7. The molecular weight excluding hydrogens is 234 g/mol. The first-order valence-electron chi connectivity index (χ1n) is 5.96. The molecule has 0 radical (unpaired) electrons. The number of aliphatic hydroxyl groups is 2. The highest BCUT2D eigenvalue weighted by Gasteiger charge is 2.33. The van der Waals surface area contributed by atoms with Crippen LogP contribution in [0.1, 0.15) is 18.5 Å². The van der Waals surface area contributed by atoms with E-state index in [1.54, 1.807) is 6.92 Å². The Morgan fingerprint density at radius 3 is 2.67 bits per heavy atom. The Hall–Kier alpha value is -1.60. The SMILES string of the molecule is Cc1nc(N)nc(N[C@@H]2C[C@H](CO)C[C@H]2O)c1N. The van der Waals surface area contributed by atoms with E-state index in [4.69, 9.17) is 16.6 Å². The van der Waals surface area contributed by atoms with Gasteiger partial charge in [-0.2, -0.15) is 4.98 Å². The number of anilines is 3.